The maximum atomic E-state index is 12.9. The van der Waals surface area contributed by atoms with E-state index in [-0.39, 0.29) is 11.8 Å². The van der Waals surface area contributed by atoms with Crippen LogP contribution in [0.5, 0.6) is 0 Å². The summed E-state index contributed by atoms with van der Waals surface area (Å²) in [6, 6.07) is 9.02. The maximum Gasteiger partial charge on any atom is 0.263 e. The molecule has 1 fully saturated rings. The molecule has 2 aromatic rings. The number of hydrogen-bond donors (Lipinski definition) is 1. The number of sulfonamides is 1. The molecule has 1 N–H and O–H groups in total. The fourth-order valence-electron chi connectivity index (χ4n) is 3.15. The number of hydrogen-bond acceptors (Lipinski definition) is 4. The minimum atomic E-state index is -3.22. The zero-order chi connectivity index (χ0) is 19.6. The van der Waals surface area contributed by atoms with Gasteiger partial charge in [-0.1, -0.05) is 23.2 Å². The van der Waals surface area contributed by atoms with Crippen molar-refractivity contribution in [1.29, 1.82) is 0 Å². The van der Waals surface area contributed by atoms with E-state index in [9.17, 15) is 13.2 Å². The summed E-state index contributed by atoms with van der Waals surface area (Å²) in [5.41, 5.74) is 0.880. The number of halogens is 2. The zero-order valence-electron chi connectivity index (χ0n) is 14.7. The minimum Gasteiger partial charge on any atom is -0.338 e. The molecule has 27 heavy (non-hydrogen) atoms. The number of likely N-dealkylation sites (tertiary alicyclic amines) is 1. The molecule has 1 aromatic carbocycles. The lowest BCUT2D eigenvalue weighted by Gasteiger charge is -2.32. The fourth-order valence-corrected chi connectivity index (χ4v) is 5.17. The van der Waals surface area contributed by atoms with Gasteiger partial charge in [-0.3, -0.25) is 4.79 Å². The van der Waals surface area contributed by atoms with Gasteiger partial charge in [-0.15, -0.1) is 11.3 Å². The first kappa shape index (κ1) is 20.6. The van der Waals surface area contributed by atoms with E-state index in [0.29, 0.717) is 34.6 Å². The number of rotatable bonds is 5. The highest BCUT2D eigenvalue weighted by molar-refractivity contribution is 7.88. The number of nitrogens with one attached hydrogen (secondary N) is 1. The maximum absolute atomic E-state index is 12.9. The number of carbonyl (C=O) groups excluding carboxylic acids is 1. The van der Waals surface area contributed by atoms with E-state index < -0.39 is 10.0 Å². The van der Waals surface area contributed by atoms with Crippen molar-refractivity contribution >= 4 is 50.5 Å². The topological polar surface area (TPSA) is 66.5 Å². The van der Waals surface area contributed by atoms with Crippen molar-refractivity contribution in [1.82, 2.24) is 9.62 Å². The molecule has 0 aliphatic carbocycles. The van der Waals surface area contributed by atoms with Crippen LogP contribution in [0.2, 0.25) is 10.0 Å². The Bertz CT molecular complexity index is 924. The molecule has 1 amide bonds. The molecule has 1 saturated heterocycles. The summed E-state index contributed by atoms with van der Waals surface area (Å²) in [7, 11) is -3.22. The highest BCUT2D eigenvalue weighted by Crippen LogP contribution is 2.33. The summed E-state index contributed by atoms with van der Waals surface area (Å²) in [6.07, 6.45) is 2.92. The molecule has 1 unspecified atom stereocenters. The summed E-state index contributed by atoms with van der Waals surface area (Å²) in [4.78, 5) is 16.3. The molecule has 0 radical (unpaired) electrons. The van der Waals surface area contributed by atoms with Gasteiger partial charge in [0.25, 0.3) is 5.91 Å². The zero-order valence-corrected chi connectivity index (χ0v) is 17.9. The second kappa shape index (κ2) is 8.49. The molecular weight excluding hydrogens is 427 g/mol. The summed E-state index contributed by atoms with van der Waals surface area (Å²) in [6.45, 7) is 1.60. The van der Waals surface area contributed by atoms with E-state index in [1.807, 2.05) is 24.3 Å². The Morgan fingerprint density at radius 2 is 1.96 bits per heavy atom. The molecule has 5 nitrogen and oxygen atoms in total. The van der Waals surface area contributed by atoms with Crippen molar-refractivity contribution in [2.45, 2.75) is 12.8 Å². The van der Waals surface area contributed by atoms with Crippen LogP contribution in [0.25, 0.3) is 10.4 Å². The van der Waals surface area contributed by atoms with E-state index in [4.69, 9.17) is 23.2 Å². The van der Waals surface area contributed by atoms with Crippen molar-refractivity contribution in [2.75, 3.05) is 25.9 Å². The fraction of sp³-hybridized carbons (Fsp3) is 0.389. The normalized spacial score (nSPS) is 17.9. The monoisotopic (exact) mass is 446 g/mol. The van der Waals surface area contributed by atoms with Crippen LogP contribution in [0.4, 0.5) is 0 Å². The summed E-state index contributed by atoms with van der Waals surface area (Å²) in [5, 5.41) is 1.10. The highest BCUT2D eigenvalue weighted by Gasteiger charge is 2.26. The van der Waals surface area contributed by atoms with E-state index in [0.717, 1.165) is 29.5 Å². The Morgan fingerprint density at radius 3 is 2.63 bits per heavy atom. The number of piperidine rings is 1. The van der Waals surface area contributed by atoms with Gasteiger partial charge in [0.2, 0.25) is 10.0 Å². The lowest BCUT2D eigenvalue weighted by molar-refractivity contribution is 0.0681. The Balaban J connectivity index is 1.70. The largest absolute Gasteiger partial charge is 0.338 e. The SMILES string of the molecule is CS(=O)(=O)NCC1CCCN(C(=O)c2ccc(-c3cc(Cl)cc(Cl)c3)s2)C1. The Morgan fingerprint density at radius 1 is 1.26 bits per heavy atom. The van der Waals surface area contributed by atoms with Gasteiger partial charge in [0.1, 0.15) is 0 Å². The molecule has 3 rings (SSSR count). The third kappa shape index (κ3) is 5.68. The van der Waals surface area contributed by atoms with Crippen molar-refractivity contribution in [2.24, 2.45) is 5.92 Å². The van der Waals surface area contributed by atoms with Crippen LogP contribution in [0, 0.1) is 5.92 Å². The van der Waals surface area contributed by atoms with Crippen LogP contribution >= 0.6 is 34.5 Å². The lowest BCUT2D eigenvalue weighted by Crippen LogP contribution is -2.43. The Kier molecular flexibility index (Phi) is 6.48. The smallest absolute Gasteiger partial charge is 0.263 e. The van der Waals surface area contributed by atoms with Crippen LogP contribution in [-0.2, 0) is 10.0 Å². The predicted molar refractivity (Wildman–Crippen MR) is 111 cm³/mol. The van der Waals surface area contributed by atoms with Gasteiger partial charge in [0.15, 0.2) is 0 Å². The number of carbonyl (C=O) groups is 1. The van der Waals surface area contributed by atoms with Gasteiger partial charge < -0.3 is 4.90 Å². The Labute approximate surface area is 173 Å². The first-order valence-corrected chi connectivity index (χ1v) is 12.0. The molecule has 0 bridgehead atoms. The number of amides is 1. The van der Waals surface area contributed by atoms with Crippen LogP contribution in [-0.4, -0.2) is 45.1 Å². The van der Waals surface area contributed by atoms with Gasteiger partial charge in [0.05, 0.1) is 11.1 Å². The Hall–Kier alpha value is -1.12. The van der Waals surface area contributed by atoms with Gasteiger partial charge in [-0.05, 0) is 54.7 Å². The van der Waals surface area contributed by atoms with Crippen molar-refractivity contribution in [3.05, 3.63) is 45.3 Å². The number of benzene rings is 1. The van der Waals surface area contributed by atoms with Gasteiger partial charge >= 0.3 is 0 Å². The van der Waals surface area contributed by atoms with Gasteiger partial charge in [0, 0.05) is 34.6 Å². The third-order valence-corrected chi connectivity index (χ3v) is 6.65. The third-order valence-electron chi connectivity index (χ3n) is 4.40. The molecule has 1 aromatic heterocycles. The minimum absolute atomic E-state index is 0.0246. The van der Waals surface area contributed by atoms with Crippen molar-refractivity contribution in [3.63, 3.8) is 0 Å². The highest BCUT2D eigenvalue weighted by atomic mass is 35.5. The van der Waals surface area contributed by atoms with Crippen LogP contribution < -0.4 is 4.72 Å². The van der Waals surface area contributed by atoms with E-state index in [2.05, 4.69) is 4.72 Å². The van der Waals surface area contributed by atoms with Crippen LogP contribution in [0.1, 0.15) is 22.5 Å². The van der Waals surface area contributed by atoms with E-state index in [1.165, 1.54) is 11.3 Å². The lowest BCUT2D eigenvalue weighted by atomic mass is 9.98. The quantitative estimate of drug-likeness (QED) is 0.750. The van der Waals surface area contributed by atoms with E-state index in [1.54, 1.807) is 11.0 Å². The summed E-state index contributed by atoms with van der Waals surface area (Å²) >= 11 is 13.5. The molecule has 2 heterocycles. The second-order valence-electron chi connectivity index (χ2n) is 6.70. The predicted octanol–water partition coefficient (Wildman–Crippen LogP) is 4.12. The van der Waals surface area contributed by atoms with Gasteiger partial charge in [-0.25, -0.2) is 13.1 Å². The van der Waals surface area contributed by atoms with Crippen molar-refractivity contribution < 1.29 is 13.2 Å². The van der Waals surface area contributed by atoms with Crippen LogP contribution in [0.3, 0.4) is 0 Å². The molecule has 1 aliphatic rings. The molecule has 1 aliphatic heterocycles. The molecule has 9 heteroatoms. The standard InChI is InChI=1S/C18H20Cl2N2O3S2/c1-27(24,25)21-10-12-3-2-6-22(11-12)18(23)17-5-4-16(26-17)13-7-14(19)9-15(20)8-13/h4-5,7-9,12,21H,2-3,6,10-11H2,1H3. The first-order valence-electron chi connectivity index (χ1n) is 8.51. The summed E-state index contributed by atoms with van der Waals surface area (Å²) < 4.78 is 25.1. The molecule has 146 valence electrons. The van der Waals surface area contributed by atoms with Gasteiger partial charge in [-0.2, -0.15) is 0 Å². The van der Waals surface area contributed by atoms with Crippen LogP contribution in [0.15, 0.2) is 30.3 Å². The van der Waals surface area contributed by atoms with Crippen molar-refractivity contribution in [3.8, 4) is 10.4 Å². The average Bonchev–Trinajstić information content (AvgIpc) is 3.08. The average molecular weight is 447 g/mol. The number of nitrogens with zero attached hydrogens (tertiary/aromatic N) is 1. The first-order chi connectivity index (χ1) is 12.7. The summed E-state index contributed by atoms with van der Waals surface area (Å²) in [5.74, 6) is 0.104. The molecule has 1 atom stereocenters. The molecular formula is C18H20Cl2N2O3S2. The second-order valence-corrected chi connectivity index (χ2v) is 10.5. The molecule has 0 spiro atoms. The number of thiophene rings is 1. The van der Waals surface area contributed by atoms with E-state index >= 15 is 0 Å². The molecule has 0 saturated carbocycles.